The van der Waals surface area contributed by atoms with Crippen LogP contribution in [0.2, 0.25) is 0 Å². The minimum Gasteiger partial charge on any atom is -0.493 e. The van der Waals surface area contributed by atoms with Crippen molar-refractivity contribution in [3.05, 3.63) is 58.4 Å². The normalized spacial score (nSPS) is 14.6. The highest BCUT2D eigenvalue weighted by atomic mass is 19.1. The fraction of sp³-hybridized carbons (Fsp3) is 0.273. The van der Waals surface area contributed by atoms with E-state index in [4.69, 9.17) is 14.2 Å². The third kappa shape index (κ3) is 2.96. The molecule has 0 bridgehead atoms. The molecule has 0 radical (unpaired) electrons. The first kappa shape index (κ1) is 18.1. The van der Waals surface area contributed by atoms with Gasteiger partial charge in [-0.2, -0.15) is 0 Å². The number of fused-ring (bicyclic) bond motifs is 1. The summed E-state index contributed by atoms with van der Waals surface area (Å²) in [4.78, 5) is 0. The molecule has 1 aliphatic carbocycles. The summed E-state index contributed by atoms with van der Waals surface area (Å²) in [5.41, 5.74) is 6.39. The number of hydrogen-bond donors (Lipinski definition) is 0. The maximum atomic E-state index is 13.7. The number of methoxy groups -OCH3 is 3. The van der Waals surface area contributed by atoms with Crippen molar-refractivity contribution in [2.45, 2.75) is 20.3 Å². The zero-order valence-corrected chi connectivity index (χ0v) is 15.8. The molecule has 0 amide bonds. The Labute approximate surface area is 153 Å². The van der Waals surface area contributed by atoms with Gasteiger partial charge in [-0.1, -0.05) is 13.0 Å². The Morgan fingerprint density at radius 2 is 1.58 bits per heavy atom. The highest BCUT2D eigenvalue weighted by molar-refractivity contribution is 6.05. The topological polar surface area (TPSA) is 27.7 Å². The SMILES string of the molecule is CCC1=C(C)/C(=C/c2cc(OC)c(OC)c(OC)c2)c2ccc(F)cc21. The van der Waals surface area contributed by atoms with Crippen molar-refractivity contribution in [2.75, 3.05) is 21.3 Å². The first-order valence-electron chi connectivity index (χ1n) is 8.56. The molecule has 0 heterocycles. The Bertz CT molecular complexity index is 885. The van der Waals surface area contributed by atoms with E-state index in [-0.39, 0.29) is 5.82 Å². The van der Waals surface area contributed by atoms with Crippen molar-refractivity contribution in [3.63, 3.8) is 0 Å². The van der Waals surface area contributed by atoms with E-state index in [0.717, 1.165) is 28.7 Å². The zero-order chi connectivity index (χ0) is 18.8. The van der Waals surface area contributed by atoms with Crippen molar-refractivity contribution >= 4 is 17.2 Å². The van der Waals surface area contributed by atoms with Gasteiger partial charge in [-0.3, -0.25) is 0 Å². The predicted octanol–water partition coefficient (Wildman–Crippen LogP) is 5.59. The van der Waals surface area contributed by atoms with Crippen LogP contribution in [0.4, 0.5) is 4.39 Å². The Kier molecular flexibility index (Phi) is 5.03. The van der Waals surface area contributed by atoms with Crippen LogP contribution in [0.1, 0.15) is 37.0 Å². The van der Waals surface area contributed by atoms with Crippen LogP contribution >= 0.6 is 0 Å². The van der Waals surface area contributed by atoms with Gasteiger partial charge in [0.1, 0.15) is 5.82 Å². The second kappa shape index (κ2) is 7.24. The van der Waals surface area contributed by atoms with Crippen LogP contribution < -0.4 is 14.2 Å². The van der Waals surface area contributed by atoms with Crippen molar-refractivity contribution in [2.24, 2.45) is 0 Å². The number of hydrogen-bond acceptors (Lipinski definition) is 3. The lowest BCUT2D eigenvalue weighted by atomic mass is 10.00. The summed E-state index contributed by atoms with van der Waals surface area (Å²) in [6.07, 6.45) is 2.94. The third-order valence-corrected chi connectivity index (χ3v) is 4.81. The molecular formula is C22H23FO3. The summed E-state index contributed by atoms with van der Waals surface area (Å²) in [6.45, 7) is 4.18. The summed E-state index contributed by atoms with van der Waals surface area (Å²) in [7, 11) is 4.78. The molecular weight excluding hydrogens is 331 g/mol. The summed E-state index contributed by atoms with van der Waals surface area (Å²) in [5, 5.41) is 0. The van der Waals surface area contributed by atoms with Gasteiger partial charge in [0.25, 0.3) is 0 Å². The molecule has 136 valence electrons. The van der Waals surface area contributed by atoms with Crippen molar-refractivity contribution in [1.29, 1.82) is 0 Å². The largest absolute Gasteiger partial charge is 0.493 e. The molecule has 0 spiro atoms. The number of halogens is 1. The van der Waals surface area contributed by atoms with Gasteiger partial charge in [-0.15, -0.1) is 0 Å². The number of allylic oxidation sites excluding steroid dienone is 3. The van der Waals surface area contributed by atoms with Crippen LogP contribution in [0.3, 0.4) is 0 Å². The zero-order valence-electron chi connectivity index (χ0n) is 15.8. The van der Waals surface area contributed by atoms with E-state index in [1.807, 2.05) is 18.2 Å². The molecule has 0 N–H and O–H groups in total. The fourth-order valence-corrected chi connectivity index (χ4v) is 3.56. The van der Waals surface area contributed by atoms with Gasteiger partial charge in [0, 0.05) is 0 Å². The molecule has 0 unspecified atom stereocenters. The second-order valence-corrected chi connectivity index (χ2v) is 6.16. The quantitative estimate of drug-likeness (QED) is 0.700. The molecule has 0 fully saturated rings. The molecule has 0 saturated heterocycles. The Hall–Kier alpha value is -2.75. The lowest BCUT2D eigenvalue weighted by Crippen LogP contribution is -1.95. The predicted molar refractivity (Wildman–Crippen MR) is 103 cm³/mol. The van der Waals surface area contributed by atoms with Gasteiger partial charge in [0.2, 0.25) is 5.75 Å². The molecule has 0 atom stereocenters. The average molecular weight is 354 g/mol. The van der Waals surface area contributed by atoms with Gasteiger partial charge in [-0.25, -0.2) is 4.39 Å². The molecule has 0 aliphatic heterocycles. The van der Waals surface area contributed by atoms with E-state index in [9.17, 15) is 4.39 Å². The molecule has 0 aromatic heterocycles. The molecule has 26 heavy (non-hydrogen) atoms. The molecule has 3 nitrogen and oxygen atoms in total. The van der Waals surface area contributed by atoms with E-state index in [0.29, 0.717) is 17.2 Å². The number of ether oxygens (including phenoxy) is 3. The average Bonchev–Trinajstić information content (AvgIpc) is 2.91. The summed E-state index contributed by atoms with van der Waals surface area (Å²) in [5.74, 6) is 1.56. The van der Waals surface area contributed by atoms with Gasteiger partial charge < -0.3 is 14.2 Å². The Balaban J connectivity index is 2.18. The van der Waals surface area contributed by atoms with Crippen LogP contribution in [0.5, 0.6) is 17.2 Å². The Morgan fingerprint density at radius 1 is 0.923 bits per heavy atom. The van der Waals surface area contributed by atoms with Gasteiger partial charge >= 0.3 is 0 Å². The smallest absolute Gasteiger partial charge is 0.203 e. The second-order valence-electron chi connectivity index (χ2n) is 6.16. The molecule has 0 saturated carbocycles. The van der Waals surface area contributed by atoms with Gasteiger partial charge in [0.05, 0.1) is 21.3 Å². The van der Waals surface area contributed by atoms with E-state index < -0.39 is 0 Å². The molecule has 3 rings (SSSR count). The summed E-state index contributed by atoms with van der Waals surface area (Å²) in [6, 6.07) is 8.80. The van der Waals surface area contributed by atoms with Gasteiger partial charge in [-0.05, 0) is 77.1 Å². The molecule has 4 heteroatoms. The fourth-order valence-electron chi connectivity index (χ4n) is 3.56. The van der Waals surface area contributed by atoms with Crippen LogP contribution in [-0.2, 0) is 0 Å². The van der Waals surface area contributed by atoms with Gasteiger partial charge in [0.15, 0.2) is 11.5 Å². The van der Waals surface area contributed by atoms with E-state index in [1.165, 1.54) is 17.2 Å². The summed E-state index contributed by atoms with van der Waals surface area (Å²) >= 11 is 0. The van der Waals surface area contributed by atoms with Crippen LogP contribution in [0, 0.1) is 5.82 Å². The highest BCUT2D eigenvalue weighted by Gasteiger charge is 2.23. The molecule has 2 aromatic rings. The lowest BCUT2D eigenvalue weighted by Gasteiger charge is -2.13. The minimum atomic E-state index is -0.212. The molecule has 1 aliphatic rings. The number of benzene rings is 2. The maximum Gasteiger partial charge on any atom is 0.203 e. The van der Waals surface area contributed by atoms with Crippen molar-refractivity contribution < 1.29 is 18.6 Å². The third-order valence-electron chi connectivity index (χ3n) is 4.81. The van der Waals surface area contributed by atoms with E-state index in [2.05, 4.69) is 19.9 Å². The first-order valence-corrected chi connectivity index (χ1v) is 8.56. The van der Waals surface area contributed by atoms with Crippen LogP contribution in [0.15, 0.2) is 35.9 Å². The van der Waals surface area contributed by atoms with Crippen molar-refractivity contribution in [1.82, 2.24) is 0 Å². The van der Waals surface area contributed by atoms with Crippen LogP contribution in [0.25, 0.3) is 17.2 Å². The Morgan fingerprint density at radius 3 is 2.12 bits per heavy atom. The first-order chi connectivity index (χ1) is 12.5. The number of rotatable bonds is 5. The lowest BCUT2D eigenvalue weighted by molar-refractivity contribution is 0.324. The minimum absolute atomic E-state index is 0.212. The summed E-state index contributed by atoms with van der Waals surface area (Å²) < 4.78 is 30.0. The standard InChI is InChI=1S/C22H23FO3/c1-6-16-13(2)18(17-8-7-15(23)12-19(16)17)9-14-10-20(24-3)22(26-5)21(11-14)25-4/h7-12H,6H2,1-5H3/b18-9-. The van der Waals surface area contributed by atoms with E-state index in [1.54, 1.807) is 27.4 Å². The highest BCUT2D eigenvalue weighted by Crippen LogP contribution is 2.45. The van der Waals surface area contributed by atoms with Crippen LogP contribution in [-0.4, -0.2) is 21.3 Å². The van der Waals surface area contributed by atoms with E-state index >= 15 is 0 Å². The maximum absolute atomic E-state index is 13.7. The van der Waals surface area contributed by atoms with Crippen molar-refractivity contribution in [3.8, 4) is 17.2 Å². The monoisotopic (exact) mass is 354 g/mol. The molecule has 2 aromatic carbocycles.